The molecule has 0 radical (unpaired) electrons. The Morgan fingerprint density at radius 3 is 2.17 bits per heavy atom. The maximum absolute atomic E-state index is 11.7. The van der Waals surface area contributed by atoms with E-state index in [1.807, 2.05) is 0 Å². The highest BCUT2D eigenvalue weighted by molar-refractivity contribution is 6.28. The van der Waals surface area contributed by atoms with E-state index in [0.29, 0.717) is 6.07 Å². The maximum Gasteiger partial charge on any atom is 0.287 e. The lowest BCUT2D eigenvalue weighted by Crippen LogP contribution is -2.10. The summed E-state index contributed by atoms with van der Waals surface area (Å²) in [4.78, 5) is 43.1. The average Bonchev–Trinajstić information content (AvgIpc) is 2.53. The maximum atomic E-state index is 11.7. The van der Waals surface area contributed by atoms with Crippen LogP contribution in [0.1, 0.15) is 27.6 Å². The molecule has 8 heteroatoms. The summed E-state index contributed by atoms with van der Waals surface area (Å²) in [6.45, 7) is 1.32. The van der Waals surface area contributed by atoms with Crippen LogP contribution < -0.4 is 0 Å². The van der Waals surface area contributed by atoms with Crippen molar-refractivity contribution in [1.82, 2.24) is 0 Å². The number of hydrogen-bond donors (Lipinski definition) is 0. The third kappa shape index (κ3) is 1.46. The van der Waals surface area contributed by atoms with Gasteiger partial charge in [-0.05, 0) is 6.92 Å². The Balaban J connectivity index is 2.81. The molecule has 0 fully saturated rings. The predicted molar refractivity (Wildman–Crippen MR) is 57.6 cm³/mol. The number of nitrogens with zero attached hydrogens (tertiary/aromatic N) is 2. The van der Waals surface area contributed by atoms with Gasteiger partial charge in [0.25, 0.3) is 11.4 Å². The first-order valence-corrected chi connectivity index (χ1v) is 4.90. The second-order valence-corrected chi connectivity index (χ2v) is 3.85. The largest absolute Gasteiger partial charge is 0.293 e. The van der Waals surface area contributed by atoms with Gasteiger partial charge in [0.1, 0.15) is 5.56 Å². The number of hydrogen-bond acceptors (Lipinski definition) is 6. The van der Waals surface area contributed by atoms with Gasteiger partial charge in [0.05, 0.1) is 21.8 Å². The minimum Gasteiger partial charge on any atom is -0.293 e. The van der Waals surface area contributed by atoms with Gasteiger partial charge < -0.3 is 0 Å². The van der Waals surface area contributed by atoms with Gasteiger partial charge in [-0.25, -0.2) is 0 Å². The second kappa shape index (κ2) is 3.69. The third-order valence-electron chi connectivity index (χ3n) is 2.81. The van der Waals surface area contributed by atoms with Crippen LogP contribution in [0.5, 0.6) is 0 Å². The lowest BCUT2D eigenvalue weighted by Gasteiger charge is -1.99. The zero-order valence-corrected chi connectivity index (χ0v) is 9.08. The summed E-state index contributed by atoms with van der Waals surface area (Å²) in [5, 5.41) is 21.4. The van der Waals surface area contributed by atoms with Gasteiger partial charge in [-0.2, -0.15) is 0 Å². The molecule has 0 amide bonds. The molecule has 0 aliphatic heterocycles. The Labute approximate surface area is 99.5 Å². The zero-order valence-electron chi connectivity index (χ0n) is 9.08. The summed E-state index contributed by atoms with van der Waals surface area (Å²) in [7, 11) is 0. The summed E-state index contributed by atoms with van der Waals surface area (Å²) in [6.07, 6.45) is 0. The SMILES string of the molecule is CC1C(=O)c2cc([N+](=O)[O-])cc([N+](=O)[O-])c2C1=O. The van der Waals surface area contributed by atoms with Crippen molar-refractivity contribution in [2.75, 3.05) is 0 Å². The molecule has 0 spiro atoms. The van der Waals surface area contributed by atoms with E-state index in [9.17, 15) is 29.8 Å². The molecule has 0 bridgehead atoms. The fourth-order valence-corrected chi connectivity index (χ4v) is 1.88. The van der Waals surface area contributed by atoms with E-state index in [1.54, 1.807) is 0 Å². The van der Waals surface area contributed by atoms with Crippen molar-refractivity contribution in [3.05, 3.63) is 43.5 Å². The van der Waals surface area contributed by atoms with Gasteiger partial charge in [-0.15, -0.1) is 0 Å². The smallest absolute Gasteiger partial charge is 0.287 e. The summed E-state index contributed by atoms with van der Waals surface area (Å²) in [5.74, 6) is -2.32. The lowest BCUT2D eigenvalue weighted by molar-refractivity contribution is -0.394. The van der Waals surface area contributed by atoms with E-state index in [1.165, 1.54) is 6.92 Å². The van der Waals surface area contributed by atoms with Gasteiger partial charge in [0.2, 0.25) is 0 Å². The van der Waals surface area contributed by atoms with Crippen LogP contribution in [0.15, 0.2) is 12.1 Å². The minimum atomic E-state index is -1.03. The number of nitro groups is 2. The molecule has 0 heterocycles. The number of ketones is 2. The van der Waals surface area contributed by atoms with Crippen LogP contribution in [0, 0.1) is 26.1 Å². The molecule has 1 unspecified atom stereocenters. The summed E-state index contributed by atoms with van der Waals surface area (Å²) in [6, 6.07) is 1.61. The van der Waals surface area contributed by atoms with Crippen LogP contribution >= 0.6 is 0 Å². The topological polar surface area (TPSA) is 120 Å². The lowest BCUT2D eigenvalue weighted by atomic mass is 10.1. The van der Waals surface area contributed by atoms with Gasteiger partial charge in [0, 0.05) is 11.6 Å². The molecule has 0 N–H and O–H groups in total. The Hall–Kier alpha value is -2.64. The van der Waals surface area contributed by atoms with Crippen molar-refractivity contribution in [3.8, 4) is 0 Å². The summed E-state index contributed by atoms with van der Waals surface area (Å²) < 4.78 is 0. The molecule has 92 valence electrons. The van der Waals surface area contributed by atoms with Crippen LogP contribution in [0.25, 0.3) is 0 Å². The fraction of sp³-hybridized carbons (Fsp3) is 0.200. The Bertz CT molecular complexity index is 621. The van der Waals surface area contributed by atoms with Crippen LogP contribution in [0.2, 0.25) is 0 Å². The highest BCUT2D eigenvalue weighted by Gasteiger charge is 2.42. The first kappa shape index (κ1) is 11.8. The van der Waals surface area contributed by atoms with E-state index >= 15 is 0 Å². The van der Waals surface area contributed by atoms with Gasteiger partial charge >= 0.3 is 0 Å². The molecule has 0 saturated heterocycles. The first-order chi connectivity index (χ1) is 8.34. The van der Waals surface area contributed by atoms with E-state index < -0.39 is 38.7 Å². The van der Waals surface area contributed by atoms with Gasteiger partial charge in [-0.3, -0.25) is 29.8 Å². The molecule has 0 saturated carbocycles. The van der Waals surface area contributed by atoms with Crippen LogP contribution in [0.3, 0.4) is 0 Å². The highest BCUT2D eigenvalue weighted by atomic mass is 16.6. The standard InChI is InChI=1S/C10H6N2O6/c1-4-9(13)6-2-5(11(15)16)3-7(12(17)18)8(6)10(4)14/h2-4H,1H3. The quantitative estimate of drug-likeness (QED) is 0.445. The number of fused-ring (bicyclic) bond motifs is 1. The van der Waals surface area contributed by atoms with E-state index in [0.717, 1.165) is 6.07 Å². The molecule has 0 aromatic heterocycles. The van der Waals surface area contributed by atoms with Crippen molar-refractivity contribution < 1.29 is 19.4 Å². The van der Waals surface area contributed by atoms with Crippen molar-refractivity contribution in [1.29, 1.82) is 0 Å². The monoisotopic (exact) mass is 250 g/mol. The zero-order chi connectivity index (χ0) is 13.6. The molecule has 8 nitrogen and oxygen atoms in total. The molecule has 2 rings (SSSR count). The first-order valence-electron chi connectivity index (χ1n) is 4.90. The molecular weight excluding hydrogens is 244 g/mol. The number of rotatable bonds is 2. The van der Waals surface area contributed by atoms with Crippen molar-refractivity contribution in [2.24, 2.45) is 5.92 Å². The van der Waals surface area contributed by atoms with Crippen LogP contribution in [-0.2, 0) is 0 Å². The van der Waals surface area contributed by atoms with Crippen LogP contribution in [0.4, 0.5) is 11.4 Å². The molecule has 1 aromatic carbocycles. The Kier molecular flexibility index (Phi) is 2.43. The summed E-state index contributed by atoms with van der Waals surface area (Å²) >= 11 is 0. The molecule has 1 atom stereocenters. The van der Waals surface area contributed by atoms with E-state index in [2.05, 4.69) is 0 Å². The number of benzene rings is 1. The normalized spacial score (nSPS) is 17.7. The predicted octanol–water partition coefficient (Wildman–Crippen LogP) is 1.52. The van der Waals surface area contributed by atoms with Crippen molar-refractivity contribution in [3.63, 3.8) is 0 Å². The second-order valence-electron chi connectivity index (χ2n) is 3.85. The van der Waals surface area contributed by atoms with Crippen molar-refractivity contribution in [2.45, 2.75) is 6.92 Å². The molecular formula is C10H6N2O6. The van der Waals surface area contributed by atoms with Crippen LogP contribution in [-0.4, -0.2) is 21.4 Å². The van der Waals surface area contributed by atoms with Gasteiger partial charge in [-0.1, -0.05) is 0 Å². The number of carbonyl (C=O) groups is 2. The van der Waals surface area contributed by atoms with E-state index in [-0.39, 0.29) is 11.1 Å². The average molecular weight is 250 g/mol. The number of non-ortho nitro benzene ring substituents is 1. The van der Waals surface area contributed by atoms with Crippen molar-refractivity contribution >= 4 is 22.9 Å². The molecule has 18 heavy (non-hydrogen) atoms. The number of Topliss-reactive ketones (excluding diaryl/α,β-unsaturated/α-hetero) is 2. The Morgan fingerprint density at radius 2 is 1.67 bits per heavy atom. The third-order valence-corrected chi connectivity index (χ3v) is 2.81. The molecule has 1 aliphatic carbocycles. The number of carbonyl (C=O) groups excluding carboxylic acids is 2. The van der Waals surface area contributed by atoms with E-state index in [4.69, 9.17) is 0 Å². The van der Waals surface area contributed by atoms with Gasteiger partial charge in [0.15, 0.2) is 11.6 Å². The molecule has 1 aromatic rings. The highest BCUT2D eigenvalue weighted by Crippen LogP contribution is 2.36. The fourth-order valence-electron chi connectivity index (χ4n) is 1.88. The number of nitro benzene ring substituents is 2. The summed E-state index contributed by atoms with van der Waals surface area (Å²) in [5.41, 5.74) is -1.84. The minimum absolute atomic E-state index is 0.242. The Morgan fingerprint density at radius 1 is 1.06 bits per heavy atom. The molecule has 1 aliphatic rings.